The highest BCUT2D eigenvalue weighted by atomic mass is 35.5. The predicted molar refractivity (Wildman–Crippen MR) is 112 cm³/mol. The van der Waals surface area contributed by atoms with Crippen LogP contribution in [0, 0.1) is 0 Å². The molecule has 2 aromatic carbocycles. The highest BCUT2D eigenvalue weighted by molar-refractivity contribution is 8.13. The quantitative estimate of drug-likeness (QED) is 0.268. The number of rotatable bonds is 5. The topological polar surface area (TPSA) is 69.5 Å². The van der Waals surface area contributed by atoms with Crippen LogP contribution in [0.5, 0.6) is 0 Å². The molecule has 0 spiro atoms. The summed E-state index contributed by atoms with van der Waals surface area (Å²) in [4.78, 5) is 15.8. The Hall–Kier alpha value is -1.77. The Balaban J connectivity index is 1.74. The van der Waals surface area contributed by atoms with Crippen LogP contribution in [0.4, 0.5) is 4.79 Å². The zero-order valence-electron chi connectivity index (χ0n) is 15.0. The first kappa shape index (κ1) is 20.5. The summed E-state index contributed by atoms with van der Waals surface area (Å²) in [5.74, 6) is 0. The number of benzene rings is 2. The molecule has 150 valence electrons. The molecule has 1 saturated heterocycles. The average molecular weight is 471 g/mol. The zero-order chi connectivity index (χ0) is 20.6. The summed E-state index contributed by atoms with van der Waals surface area (Å²) in [6, 6.07) is 12.7. The maximum Gasteiger partial charge on any atom is 0.374 e. The zero-order valence-corrected chi connectivity index (χ0v) is 18.1. The SMILES string of the molecule is COC(=O)Sc1ncnn1CC1(c2ccccc2Cl)OC1c1ccc(Cl)cc1Cl. The molecule has 2 unspecified atom stereocenters. The summed E-state index contributed by atoms with van der Waals surface area (Å²) in [5, 5.41) is 5.75. The summed E-state index contributed by atoms with van der Waals surface area (Å²) < 4.78 is 12.5. The van der Waals surface area contributed by atoms with Crippen molar-refractivity contribution >= 4 is 51.9 Å². The van der Waals surface area contributed by atoms with Crippen molar-refractivity contribution in [3.63, 3.8) is 0 Å². The first-order chi connectivity index (χ1) is 13.9. The lowest BCUT2D eigenvalue weighted by Crippen LogP contribution is -2.21. The van der Waals surface area contributed by atoms with E-state index < -0.39 is 10.9 Å². The number of epoxide rings is 1. The van der Waals surface area contributed by atoms with Crippen LogP contribution < -0.4 is 0 Å². The van der Waals surface area contributed by atoms with Crippen LogP contribution in [0.2, 0.25) is 15.1 Å². The molecule has 1 fully saturated rings. The van der Waals surface area contributed by atoms with E-state index in [0.29, 0.717) is 20.2 Å². The van der Waals surface area contributed by atoms with E-state index in [4.69, 9.17) is 44.3 Å². The monoisotopic (exact) mass is 469 g/mol. The van der Waals surface area contributed by atoms with Crippen molar-refractivity contribution in [2.75, 3.05) is 7.11 Å². The van der Waals surface area contributed by atoms with Crippen molar-refractivity contribution in [1.82, 2.24) is 14.8 Å². The van der Waals surface area contributed by atoms with E-state index in [1.807, 2.05) is 24.3 Å². The molecule has 0 amide bonds. The molecular formula is C19H14Cl3N3O3S. The summed E-state index contributed by atoms with van der Waals surface area (Å²) in [7, 11) is 1.31. The van der Waals surface area contributed by atoms with Gasteiger partial charge >= 0.3 is 5.30 Å². The van der Waals surface area contributed by atoms with Gasteiger partial charge in [-0.25, -0.2) is 14.5 Å². The second kappa shape index (κ2) is 8.16. The fraction of sp³-hybridized carbons (Fsp3) is 0.211. The van der Waals surface area contributed by atoms with E-state index in [0.717, 1.165) is 22.9 Å². The van der Waals surface area contributed by atoms with Gasteiger partial charge in [-0.05, 0) is 18.2 Å². The number of methoxy groups -OCH3 is 1. The molecule has 0 N–H and O–H groups in total. The second-order valence-corrected chi connectivity index (χ2v) is 8.44. The number of carbonyl (C=O) groups is 1. The minimum absolute atomic E-state index is 0.277. The van der Waals surface area contributed by atoms with Gasteiger partial charge in [0.05, 0.1) is 13.7 Å². The van der Waals surface area contributed by atoms with Crippen LogP contribution in [0.15, 0.2) is 53.9 Å². The number of carbonyl (C=O) groups excluding carboxylic acids is 1. The lowest BCUT2D eigenvalue weighted by molar-refractivity contribution is 0.200. The van der Waals surface area contributed by atoms with E-state index in [1.54, 1.807) is 22.9 Å². The van der Waals surface area contributed by atoms with Gasteiger partial charge in [-0.3, -0.25) is 0 Å². The standard InChI is InChI=1S/C19H14Cl3N3O3S/c1-27-18(26)29-17-23-10-24-25(17)9-19(13-4-2-3-5-14(13)21)16(28-19)12-7-6-11(20)8-15(12)22/h2-8,10,16H,9H2,1H3. The Morgan fingerprint density at radius 2 is 2.03 bits per heavy atom. The summed E-state index contributed by atoms with van der Waals surface area (Å²) in [5.41, 5.74) is 0.759. The van der Waals surface area contributed by atoms with Crippen molar-refractivity contribution in [3.8, 4) is 0 Å². The molecule has 3 aromatic rings. The Labute approximate surface area is 186 Å². The first-order valence-electron chi connectivity index (χ1n) is 8.46. The molecule has 6 nitrogen and oxygen atoms in total. The van der Waals surface area contributed by atoms with Crippen molar-refractivity contribution < 1.29 is 14.3 Å². The summed E-state index contributed by atoms with van der Waals surface area (Å²) >= 11 is 19.8. The third-order valence-corrected chi connectivity index (χ3v) is 6.30. The van der Waals surface area contributed by atoms with Crippen molar-refractivity contribution in [2.45, 2.75) is 23.4 Å². The number of hydrogen-bond donors (Lipinski definition) is 0. The molecule has 1 aromatic heterocycles. The van der Waals surface area contributed by atoms with Crippen molar-refractivity contribution in [1.29, 1.82) is 0 Å². The predicted octanol–water partition coefficient (Wildman–Crippen LogP) is 5.76. The molecule has 10 heteroatoms. The number of ether oxygens (including phenoxy) is 2. The lowest BCUT2D eigenvalue weighted by atomic mass is 9.91. The molecule has 2 atom stereocenters. The molecule has 0 radical (unpaired) electrons. The van der Waals surface area contributed by atoms with Gasteiger partial charge in [-0.2, -0.15) is 5.10 Å². The maximum absolute atomic E-state index is 11.7. The van der Waals surface area contributed by atoms with Gasteiger partial charge in [-0.1, -0.05) is 59.1 Å². The molecule has 2 heterocycles. The average Bonchev–Trinajstić information content (AvgIpc) is 3.24. The van der Waals surface area contributed by atoms with Crippen LogP contribution in [0.3, 0.4) is 0 Å². The smallest absolute Gasteiger partial charge is 0.374 e. The van der Waals surface area contributed by atoms with Crippen LogP contribution in [-0.4, -0.2) is 27.2 Å². The van der Waals surface area contributed by atoms with Gasteiger partial charge in [-0.15, -0.1) is 0 Å². The van der Waals surface area contributed by atoms with Gasteiger partial charge in [0.2, 0.25) is 0 Å². The summed E-state index contributed by atoms with van der Waals surface area (Å²) in [6.07, 6.45) is 1.01. The molecule has 1 aliphatic rings. The van der Waals surface area contributed by atoms with Crippen LogP contribution in [-0.2, 0) is 21.6 Å². The van der Waals surface area contributed by atoms with Crippen molar-refractivity contribution in [3.05, 3.63) is 75.0 Å². The largest absolute Gasteiger partial charge is 0.461 e. The molecular weight excluding hydrogens is 457 g/mol. The van der Waals surface area contributed by atoms with E-state index in [-0.39, 0.29) is 12.6 Å². The third-order valence-electron chi connectivity index (χ3n) is 4.58. The summed E-state index contributed by atoms with van der Waals surface area (Å²) in [6.45, 7) is 0.277. The molecule has 0 saturated carbocycles. The minimum Gasteiger partial charge on any atom is -0.461 e. The normalized spacial score (nSPS) is 20.5. The Morgan fingerprint density at radius 1 is 1.24 bits per heavy atom. The molecule has 4 rings (SSSR count). The van der Waals surface area contributed by atoms with Gasteiger partial charge in [0.1, 0.15) is 18.0 Å². The number of halogens is 3. The van der Waals surface area contributed by atoms with Crippen LogP contribution >= 0.6 is 46.6 Å². The minimum atomic E-state index is -0.824. The Bertz CT molecular complexity index is 1080. The first-order valence-corrected chi connectivity index (χ1v) is 10.4. The second-order valence-electron chi connectivity index (χ2n) is 6.29. The fourth-order valence-electron chi connectivity index (χ4n) is 3.20. The highest BCUT2D eigenvalue weighted by Crippen LogP contribution is 2.60. The van der Waals surface area contributed by atoms with Gasteiger partial charge < -0.3 is 9.47 Å². The van der Waals surface area contributed by atoms with E-state index in [2.05, 4.69) is 10.1 Å². The Kier molecular flexibility index (Phi) is 5.77. The number of aromatic nitrogens is 3. The number of thioether (sulfide) groups is 1. The molecule has 0 bridgehead atoms. The highest BCUT2D eigenvalue weighted by Gasteiger charge is 2.60. The van der Waals surface area contributed by atoms with Gasteiger partial charge in [0.25, 0.3) is 0 Å². The molecule has 0 aliphatic carbocycles. The van der Waals surface area contributed by atoms with E-state index in [1.165, 1.54) is 13.4 Å². The van der Waals surface area contributed by atoms with E-state index in [9.17, 15) is 4.79 Å². The number of hydrogen-bond acceptors (Lipinski definition) is 6. The number of nitrogens with zero attached hydrogens (tertiary/aromatic N) is 3. The maximum atomic E-state index is 11.7. The van der Waals surface area contributed by atoms with Crippen LogP contribution in [0.1, 0.15) is 17.2 Å². The van der Waals surface area contributed by atoms with Crippen LogP contribution in [0.25, 0.3) is 0 Å². The van der Waals surface area contributed by atoms with Gasteiger partial charge in [0.15, 0.2) is 5.16 Å². The molecule has 29 heavy (non-hydrogen) atoms. The molecule has 1 aliphatic heterocycles. The van der Waals surface area contributed by atoms with E-state index >= 15 is 0 Å². The van der Waals surface area contributed by atoms with Crippen molar-refractivity contribution in [2.24, 2.45) is 0 Å². The fourth-order valence-corrected chi connectivity index (χ4v) is 4.55. The Morgan fingerprint density at radius 3 is 2.76 bits per heavy atom. The lowest BCUT2D eigenvalue weighted by Gasteiger charge is -2.17. The third kappa shape index (κ3) is 3.98. The van der Waals surface area contributed by atoms with Gasteiger partial charge in [0, 0.05) is 38.0 Å².